The Morgan fingerprint density at radius 3 is 2.52 bits per heavy atom. The Hall–Kier alpha value is -3.48. The van der Waals surface area contributed by atoms with Crippen molar-refractivity contribution in [1.29, 1.82) is 0 Å². The van der Waals surface area contributed by atoms with Crippen molar-refractivity contribution in [3.63, 3.8) is 0 Å². The van der Waals surface area contributed by atoms with Gasteiger partial charge in [0.1, 0.15) is 22.9 Å². The summed E-state index contributed by atoms with van der Waals surface area (Å²) in [6, 6.07) is 10.8. The zero-order chi connectivity index (χ0) is 19.6. The molecule has 138 valence electrons. The quantitative estimate of drug-likeness (QED) is 0.282. The van der Waals surface area contributed by atoms with E-state index in [0.717, 1.165) is 5.56 Å². The zero-order valence-corrected chi connectivity index (χ0v) is 15.3. The lowest BCUT2D eigenvalue weighted by Crippen LogP contribution is -2.03. The fraction of sp³-hybridized carbons (Fsp3) is 0.200. The van der Waals surface area contributed by atoms with E-state index in [0.29, 0.717) is 28.5 Å². The Bertz CT molecular complexity index is 1030. The fourth-order valence-electron chi connectivity index (χ4n) is 2.79. The van der Waals surface area contributed by atoms with Gasteiger partial charge in [-0.25, -0.2) is 0 Å². The number of hydrogen-bond donors (Lipinski definition) is 0. The lowest BCUT2D eigenvalue weighted by atomic mass is 10.1. The largest absolute Gasteiger partial charge is 0.460 e. The molecule has 0 N–H and O–H groups in total. The van der Waals surface area contributed by atoms with E-state index in [9.17, 15) is 14.9 Å². The summed E-state index contributed by atoms with van der Waals surface area (Å²) < 4.78 is 7.23. The number of carbonyl (C=O) groups is 1. The lowest BCUT2D eigenvalue weighted by Gasteiger charge is -2.00. The van der Waals surface area contributed by atoms with Crippen LogP contribution in [0.3, 0.4) is 0 Å². The number of furan rings is 1. The second-order valence-corrected chi connectivity index (χ2v) is 6.30. The van der Waals surface area contributed by atoms with E-state index in [2.05, 4.69) is 5.10 Å². The fourth-order valence-corrected chi connectivity index (χ4v) is 2.79. The molecule has 0 bridgehead atoms. The Morgan fingerprint density at radius 1 is 1.19 bits per heavy atom. The first-order valence-electron chi connectivity index (χ1n) is 8.41. The van der Waals surface area contributed by atoms with Gasteiger partial charge in [-0.05, 0) is 45.1 Å². The Morgan fingerprint density at radius 2 is 1.89 bits per heavy atom. The summed E-state index contributed by atoms with van der Waals surface area (Å²) in [5.41, 5.74) is 2.56. The van der Waals surface area contributed by atoms with Crippen LogP contribution in [0.4, 0.5) is 5.69 Å². The van der Waals surface area contributed by atoms with E-state index in [-0.39, 0.29) is 18.0 Å². The minimum Gasteiger partial charge on any atom is -0.460 e. The molecule has 0 aliphatic carbocycles. The third-order valence-corrected chi connectivity index (χ3v) is 4.25. The van der Waals surface area contributed by atoms with Crippen LogP contribution in [0.5, 0.6) is 0 Å². The van der Waals surface area contributed by atoms with Gasteiger partial charge in [0.15, 0.2) is 5.78 Å². The second kappa shape index (κ2) is 7.41. The molecular weight excluding hydrogens is 346 g/mol. The van der Waals surface area contributed by atoms with E-state index in [1.807, 2.05) is 19.1 Å². The van der Waals surface area contributed by atoms with Gasteiger partial charge in [-0.2, -0.15) is 5.10 Å². The van der Waals surface area contributed by atoms with Crippen LogP contribution in [-0.2, 0) is 6.54 Å². The van der Waals surface area contributed by atoms with Crippen LogP contribution < -0.4 is 0 Å². The van der Waals surface area contributed by atoms with Gasteiger partial charge in [0.05, 0.1) is 11.5 Å². The normalized spacial score (nSPS) is 11.2. The van der Waals surface area contributed by atoms with Crippen molar-refractivity contribution in [2.24, 2.45) is 0 Å². The van der Waals surface area contributed by atoms with Gasteiger partial charge in [0.25, 0.3) is 0 Å². The lowest BCUT2D eigenvalue weighted by molar-refractivity contribution is -0.386. The van der Waals surface area contributed by atoms with Gasteiger partial charge in [0, 0.05) is 5.56 Å². The molecule has 7 heteroatoms. The molecule has 0 unspecified atom stereocenters. The van der Waals surface area contributed by atoms with Crippen molar-refractivity contribution in [2.75, 3.05) is 0 Å². The summed E-state index contributed by atoms with van der Waals surface area (Å²) in [7, 11) is 0. The van der Waals surface area contributed by atoms with Crippen LogP contribution in [0.25, 0.3) is 6.08 Å². The predicted octanol–water partition coefficient (Wildman–Crippen LogP) is 4.25. The first-order valence-corrected chi connectivity index (χ1v) is 8.41. The maximum atomic E-state index is 12.2. The van der Waals surface area contributed by atoms with Crippen molar-refractivity contribution in [3.05, 3.63) is 86.6 Å². The van der Waals surface area contributed by atoms with Crippen molar-refractivity contribution in [3.8, 4) is 0 Å². The molecule has 3 rings (SSSR count). The van der Waals surface area contributed by atoms with Crippen LogP contribution in [0.15, 0.2) is 46.9 Å². The first kappa shape index (κ1) is 18.3. The Balaban J connectivity index is 1.72. The number of allylic oxidation sites excluding steroid dienone is 1. The highest BCUT2D eigenvalue weighted by Crippen LogP contribution is 2.23. The average Bonchev–Trinajstić information content (AvgIpc) is 3.17. The summed E-state index contributed by atoms with van der Waals surface area (Å²) in [5.74, 6) is 1.02. The predicted molar refractivity (Wildman–Crippen MR) is 101 cm³/mol. The monoisotopic (exact) mass is 365 g/mol. The second-order valence-electron chi connectivity index (χ2n) is 6.30. The summed E-state index contributed by atoms with van der Waals surface area (Å²) in [6.45, 7) is 5.50. The van der Waals surface area contributed by atoms with Crippen LogP contribution in [0.1, 0.15) is 38.8 Å². The molecule has 0 aliphatic heterocycles. The average molecular weight is 365 g/mol. The molecule has 0 saturated carbocycles. The first-order chi connectivity index (χ1) is 12.8. The van der Waals surface area contributed by atoms with E-state index in [1.54, 1.807) is 44.2 Å². The molecule has 2 heterocycles. The molecule has 0 aliphatic rings. The molecule has 0 saturated heterocycles. The van der Waals surface area contributed by atoms with Gasteiger partial charge in [-0.1, -0.05) is 29.8 Å². The third-order valence-electron chi connectivity index (χ3n) is 4.25. The topological polar surface area (TPSA) is 91.2 Å². The van der Waals surface area contributed by atoms with Crippen LogP contribution in [-0.4, -0.2) is 20.5 Å². The number of benzene rings is 1. The molecule has 2 aromatic heterocycles. The standard InChI is InChI=1S/C20H19N3O4/c1-13-4-6-16(7-5-13)19(24)11-10-17-8-9-18(27-17)12-22-15(3)20(23(25)26)14(2)21-22/h4-11H,12H2,1-3H3/b11-10+. The molecule has 0 amide bonds. The molecule has 0 fully saturated rings. The maximum Gasteiger partial charge on any atom is 0.312 e. The highest BCUT2D eigenvalue weighted by molar-refractivity contribution is 6.06. The number of nitrogens with zero attached hydrogens (tertiary/aromatic N) is 3. The van der Waals surface area contributed by atoms with Crippen LogP contribution >= 0.6 is 0 Å². The number of nitro groups is 1. The number of ketones is 1. The number of hydrogen-bond acceptors (Lipinski definition) is 5. The number of rotatable bonds is 6. The zero-order valence-electron chi connectivity index (χ0n) is 15.3. The van der Waals surface area contributed by atoms with Gasteiger partial charge >= 0.3 is 5.69 Å². The third kappa shape index (κ3) is 4.03. The maximum absolute atomic E-state index is 12.2. The minimum absolute atomic E-state index is 0.0189. The molecular formula is C20H19N3O4. The summed E-state index contributed by atoms with van der Waals surface area (Å²) in [6.07, 6.45) is 3.07. The Kier molecular flexibility index (Phi) is 5.03. The van der Waals surface area contributed by atoms with Gasteiger partial charge < -0.3 is 4.42 Å². The highest BCUT2D eigenvalue weighted by Gasteiger charge is 2.22. The van der Waals surface area contributed by atoms with E-state index >= 15 is 0 Å². The molecule has 27 heavy (non-hydrogen) atoms. The van der Waals surface area contributed by atoms with E-state index in [1.165, 1.54) is 10.8 Å². The van der Waals surface area contributed by atoms with Crippen LogP contribution in [0, 0.1) is 30.9 Å². The molecule has 0 radical (unpaired) electrons. The number of aryl methyl sites for hydroxylation is 2. The summed E-state index contributed by atoms with van der Waals surface area (Å²) in [4.78, 5) is 22.8. The summed E-state index contributed by atoms with van der Waals surface area (Å²) in [5, 5.41) is 15.3. The smallest absolute Gasteiger partial charge is 0.312 e. The van der Waals surface area contributed by atoms with Gasteiger partial charge in [-0.3, -0.25) is 19.6 Å². The molecule has 0 spiro atoms. The molecule has 7 nitrogen and oxygen atoms in total. The van der Waals surface area contributed by atoms with Crippen LogP contribution in [0.2, 0.25) is 0 Å². The molecule has 1 aromatic carbocycles. The highest BCUT2D eigenvalue weighted by atomic mass is 16.6. The van der Waals surface area contributed by atoms with E-state index in [4.69, 9.17) is 4.42 Å². The SMILES string of the molecule is Cc1ccc(C(=O)/C=C/c2ccc(Cn3nc(C)c([N+](=O)[O-])c3C)o2)cc1. The van der Waals surface area contributed by atoms with Gasteiger partial charge in [0.2, 0.25) is 0 Å². The summed E-state index contributed by atoms with van der Waals surface area (Å²) >= 11 is 0. The minimum atomic E-state index is -0.429. The molecule has 0 atom stereocenters. The van der Waals surface area contributed by atoms with Crippen molar-refractivity contribution < 1.29 is 14.1 Å². The Labute approximate surface area is 156 Å². The molecule has 3 aromatic rings. The van der Waals surface area contributed by atoms with E-state index < -0.39 is 4.92 Å². The number of carbonyl (C=O) groups excluding carboxylic acids is 1. The van der Waals surface area contributed by atoms with Crippen molar-refractivity contribution in [1.82, 2.24) is 9.78 Å². The van der Waals surface area contributed by atoms with Crippen molar-refractivity contribution >= 4 is 17.5 Å². The van der Waals surface area contributed by atoms with Gasteiger partial charge in [-0.15, -0.1) is 0 Å². The number of aromatic nitrogens is 2. The van der Waals surface area contributed by atoms with Crippen molar-refractivity contribution in [2.45, 2.75) is 27.3 Å².